The summed E-state index contributed by atoms with van der Waals surface area (Å²) in [5.74, 6) is -0.635. The fourth-order valence-corrected chi connectivity index (χ4v) is 1.64. The van der Waals surface area contributed by atoms with Crippen LogP contribution < -0.4 is 10.9 Å². The molecule has 5 heteroatoms. The van der Waals surface area contributed by atoms with Crippen LogP contribution in [0.1, 0.15) is 23.2 Å². The molecule has 2 N–H and O–H groups in total. The minimum Gasteiger partial charge on any atom is -0.368 e. The predicted octanol–water partition coefficient (Wildman–Crippen LogP) is 0.627. The van der Waals surface area contributed by atoms with Crippen LogP contribution in [-0.2, 0) is 9.53 Å². The second kappa shape index (κ2) is 5.45. The standard InChI is InChI=1S/C12H14N2O3/c15-11(9-5-2-1-3-6-9)13-14-12(16)10-7-4-8-17-10/h1-3,5-6,10H,4,7-8H2,(H,13,15)(H,14,16). The molecule has 0 aliphatic carbocycles. The van der Waals surface area contributed by atoms with Crippen LogP contribution in [-0.4, -0.2) is 24.5 Å². The Kier molecular flexibility index (Phi) is 3.72. The molecule has 1 atom stereocenters. The van der Waals surface area contributed by atoms with Crippen molar-refractivity contribution in [2.45, 2.75) is 18.9 Å². The third kappa shape index (κ3) is 3.04. The number of rotatable bonds is 2. The molecule has 5 nitrogen and oxygen atoms in total. The molecule has 17 heavy (non-hydrogen) atoms. The Labute approximate surface area is 99.1 Å². The first-order valence-electron chi connectivity index (χ1n) is 5.54. The molecule has 2 rings (SSSR count). The number of nitrogens with one attached hydrogen (secondary N) is 2. The van der Waals surface area contributed by atoms with E-state index in [1.54, 1.807) is 24.3 Å². The molecule has 1 aromatic carbocycles. The topological polar surface area (TPSA) is 67.4 Å². The number of ether oxygens (including phenoxy) is 1. The van der Waals surface area contributed by atoms with E-state index in [9.17, 15) is 9.59 Å². The van der Waals surface area contributed by atoms with Crippen LogP contribution in [0.3, 0.4) is 0 Å². The summed E-state index contributed by atoms with van der Waals surface area (Å²) in [5.41, 5.74) is 5.22. The minimum absolute atomic E-state index is 0.299. The molecule has 1 saturated heterocycles. The van der Waals surface area contributed by atoms with Gasteiger partial charge < -0.3 is 4.74 Å². The van der Waals surface area contributed by atoms with Gasteiger partial charge in [0.15, 0.2) is 0 Å². The molecular weight excluding hydrogens is 220 g/mol. The second-order valence-corrected chi connectivity index (χ2v) is 3.81. The highest BCUT2D eigenvalue weighted by atomic mass is 16.5. The first-order valence-corrected chi connectivity index (χ1v) is 5.54. The Bertz CT molecular complexity index is 399. The van der Waals surface area contributed by atoms with Crippen molar-refractivity contribution in [2.75, 3.05) is 6.61 Å². The van der Waals surface area contributed by atoms with E-state index in [0.717, 1.165) is 6.42 Å². The number of amides is 2. The van der Waals surface area contributed by atoms with Crippen LogP contribution in [0.4, 0.5) is 0 Å². The molecule has 0 aromatic heterocycles. The quantitative estimate of drug-likeness (QED) is 0.737. The van der Waals surface area contributed by atoms with Crippen LogP contribution in [0.25, 0.3) is 0 Å². The predicted molar refractivity (Wildman–Crippen MR) is 61.0 cm³/mol. The van der Waals surface area contributed by atoms with Gasteiger partial charge in [-0.2, -0.15) is 0 Å². The number of carbonyl (C=O) groups excluding carboxylic acids is 2. The normalized spacial score (nSPS) is 18.7. The van der Waals surface area contributed by atoms with E-state index in [2.05, 4.69) is 10.9 Å². The molecular formula is C12H14N2O3. The third-order valence-electron chi connectivity index (χ3n) is 2.56. The van der Waals surface area contributed by atoms with E-state index < -0.39 is 6.10 Å². The van der Waals surface area contributed by atoms with Crippen molar-refractivity contribution in [2.24, 2.45) is 0 Å². The van der Waals surface area contributed by atoms with E-state index in [4.69, 9.17) is 4.74 Å². The molecule has 1 aliphatic rings. The Morgan fingerprint density at radius 1 is 1.18 bits per heavy atom. The van der Waals surface area contributed by atoms with Gasteiger partial charge in [0.1, 0.15) is 6.10 Å². The summed E-state index contributed by atoms with van der Waals surface area (Å²) >= 11 is 0. The molecule has 1 unspecified atom stereocenters. The molecule has 0 bridgehead atoms. The smallest absolute Gasteiger partial charge is 0.269 e. The van der Waals surface area contributed by atoms with Crippen molar-refractivity contribution in [3.8, 4) is 0 Å². The number of hydrogen-bond acceptors (Lipinski definition) is 3. The highest BCUT2D eigenvalue weighted by molar-refractivity contribution is 5.95. The first-order chi connectivity index (χ1) is 8.27. The lowest BCUT2D eigenvalue weighted by Gasteiger charge is -2.11. The fourth-order valence-electron chi connectivity index (χ4n) is 1.64. The SMILES string of the molecule is O=C(NNC(=O)C1CCCO1)c1ccccc1. The Morgan fingerprint density at radius 2 is 1.94 bits per heavy atom. The maximum absolute atomic E-state index is 11.6. The maximum Gasteiger partial charge on any atom is 0.269 e. The van der Waals surface area contributed by atoms with Crippen molar-refractivity contribution in [1.82, 2.24) is 10.9 Å². The molecule has 1 aromatic rings. The van der Waals surface area contributed by atoms with E-state index in [0.29, 0.717) is 18.6 Å². The van der Waals surface area contributed by atoms with Crippen molar-refractivity contribution in [3.05, 3.63) is 35.9 Å². The van der Waals surface area contributed by atoms with Gasteiger partial charge in [0.25, 0.3) is 11.8 Å². The van der Waals surface area contributed by atoms with E-state index >= 15 is 0 Å². The minimum atomic E-state index is -0.439. The zero-order valence-corrected chi connectivity index (χ0v) is 9.31. The van der Waals surface area contributed by atoms with Gasteiger partial charge in [-0.25, -0.2) is 0 Å². The van der Waals surface area contributed by atoms with Crippen molar-refractivity contribution >= 4 is 11.8 Å². The highest BCUT2D eigenvalue weighted by Gasteiger charge is 2.23. The van der Waals surface area contributed by atoms with Gasteiger partial charge in [-0.3, -0.25) is 20.4 Å². The number of benzene rings is 1. The average Bonchev–Trinajstić information content (AvgIpc) is 2.90. The molecule has 90 valence electrons. The first kappa shape index (κ1) is 11.6. The second-order valence-electron chi connectivity index (χ2n) is 3.81. The zero-order chi connectivity index (χ0) is 12.1. The fraction of sp³-hybridized carbons (Fsp3) is 0.333. The largest absolute Gasteiger partial charge is 0.368 e. The van der Waals surface area contributed by atoms with Crippen LogP contribution in [0.2, 0.25) is 0 Å². The summed E-state index contributed by atoms with van der Waals surface area (Å²) < 4.78 is 5.19. The van der Waals surface area contributed by atoms with Crippen molar-refractivity contribution < 1.29 is 14.3 Å². The molecule has 0 radical (unpaired) electrons. The third-order valence-corrected chi connectivity index (χ3v) is 2.56. The van der Waals surface area contributed by atoms with Crippen LogP contribution in [0, 0.1) is 0 Å². The molecule has 1 aliphatic heterocycles. The van der Waals surface area contributed by atoms with E-state index in [1.165, 1.54) is 0 Å². The summed E-state index contributed by atoms with van der Waals surface area (Å²) in [6.07, 6.45) is 1.14. The summed E-state index contributed by atoms with van der Waals surface area (Å²) in [7, 11) is 0. The van der Waals surface area contributed by atoms with E-state index in [-0.39, 0.29) is 11.8 Å². The Hall–Kier alpha value is -1.88. The van der Waals surface area contributed by atoms with Gasteiger partial charge in [0.2, 0.25) is 0 Å². The molecule has 0 spiro atoms. The van der Waals surface area contributed by atoms with Crippen molar-refractivity contribution in [3.63, 3.8) is 0 Å². The summed E-state index contributed by atoms with van der Waals surface area (Å²) in [6.45, 7) is 0.602. The summed E-state index contributed by atoms with van der Waals surface area (Å²) in [6, 6.07) is 8.69. The van der Waals surface area contributed by atoms with Gasteiger partial charge in [0, 0.05) is 12.2 Å². The highest BCUT2D eigenvalue weighted by Crippen LogP contribution is 2.11. The molecule has 1 fully saturated rings. The van der Waals surface area contributed by atoms with Crippen LogP contribution in [0.15, 0.2) is 30.3 Å². The van der Waals surface area contributed by atoms with Crippen molar-refractivity contribution in [1.29, 1.82) is 0 Å². The maximum atomic E-state index is 11.6. The molecule has 1 heterocycles. The molecule has 2 amide bonds. The zero-order valence-electron chi connectivity index (χ0n) is 9.31. The number of carbonyl (C=O) groups is 2. The lowest BCUT2D eigenvalue weighted by molar-refractivity contribution is -0.130. The van der Waals surface area contributed by atoms with Crippen LogP contribution in [0.5, 0.6) is 0 Å². The average molecular weight is 234 g/mol. The van der Waals surface area contributed by atoms with Crippen LogP contribution >= 0.6 is 0 Å². The monoisotopic (exact) mass is 234 g/mol. The number of hydrazine groups is 1. The van der Waals surface area contributed by atoms with Gasteiger partial charge in [-0.05, 0) is 25.0 Å². The lowest BCUT2D eigenvalue weighted by Crippen LogP contribution is -2.46. The Morgan fingerprint density at radius 3 is 2.59 bits per heavy atom. The Balaban J connectivity index is 1.82. The number of hydrogen-bond donors (Lipinski definition) is 2. The molecule has 0 saturated carbocycles. The summed E-state index contributed by atoms with van der Waals surface area (Å²) in [5, 5.41) is 0. The van der Waals surface area contributed by atoms with E-state index in [1.807, 2.05) is 6.07 Å². The van der Waals surface area contributed by atoms with Gasteiger partial charge in [-0.15, -0.1) is 0 Å². The van der Waals surface area contributed by atoms with Gasteiger partial charge in [-0.1, -0.05) is 18.2 Å². The summed E-state index contributed by atoms with van der Waals surface area (Å²) in [4.78, 5) is 23.1. The lowest BCUT2D eigenvalue weighted by atomic mass is 10.2. The van der Waals surface area contributed by atoms with Gasteiger partial charge >= 0.3 is 0 Å². The van der Waals surface area contributed by atoms with Gasteiger partial charge in [0.05, 0.1) is 0 Å².